The summed E-state index contributed by atoms with van der Waals surface area (Å²) in [6.07, 6.45) is 0. The second kappa shape index (κ2) is 9.40. The molecule has 43 heavy (non-hydrogen) atoms. The number of nitrogens with zero attached hydrogens (tertiary/aromatic N) is 1. The molecule has 0 aliphatic rings. The summed E-state index contributed by atoms with van der Waals surface area (Å²) in [6.45, 7) is 0. The monoisotopic (exact) mass is 547 g/mol. The first-order valence-corrected chi connectivity index (χ1v) is 14.6. The van der Waals surface area contributed by atoms with Crippen LogP contribution in [0.15, 0.2) is 156 Å². The fourth-order valence-electron chi connectivity index (χ4n) is 6.81. The molecular formula is C41H25NO. The minimum Gasteiger partial charge on any atom is -0.435 e. The summed E-state index contributed by atoms with van der Waals surface area (Å²) in [6, 6.07) is 53.9. The molecule has 0 fully saturated rings. The molecule has 0 saturated heterocycles. The fraction of sp³-hybridized carbons (Fsp3) is 0. The van der Waals surface area contributed by atoms with Crippen LogP contribution in [0.3, 0.4) is 0 Å². The predicted octanol–water partition coefficient (Wildman–Crippen LogP) is 11.4. The molecule has 200 valence electrons. The summed E-state index contributed by atoms with van der Waals surface area (Å²) in [5.74, 6) is 0.640. The van der Waals surface area contributed by atoms with E-state index >= 15 is 0 Å². The van der Waals surface area contributed by atoms with Crippen molar-refractivity contribution in [3.8, 4) is 33.7 Å². The highest BCUT2D eigenvalue weighted by atomic mass is 16.3. The quantitative estimate of drug-likeness (QED) is 0.162. The third kappa shape index (κ3) is 3.63. The Morgan fingerprint density at radius 3 is 1.60 bits per heavy atom. The van der Waals surface area contributed by atoms with Gasteiger partial charge in [-0.15, -0.1) is 0 Å². The van der Waals surface area contributed by atoms with Crippen molar-refractivity contribution in [1.29, 1.82) is 0 Å². The fourth-order valence-corrected chi connectivity index (χ4v) is 6.81. The van der Waals surface area contributed by atoms with Gasteiger partial charge in [-0.3, -0.25) is 0 Å². The first kappa shape index (κ1) is 23.9. The molecule has 0 aliphatic heterocycles. The summed E-state index contributed by atoms with van der Waals surface area (Å²) < 4.78 is 6.61. The predicted molar refractivity (Wildman–Crippen MR) is 180 cm³/mol. The Labute approximate surface area is 248 Å². The van der Waals surface area contributed by atoms with E-state index in [1.165, 1.54) is 49.2 Å². The molecule has 0 unspecified atom stereocenters. The normalized spacial score (nSPS) is 11.7. The van der Waals surface area contributed by atoms with E-state index in [0.717, 1.165) is 32.8 Å². The molecule has 0 saturated carbocycles. The summed E-state index contributed by atoms with van der Waals surface area (Å²) in [4.78, 5) is 4.92. The smallest absolute Gasteiger partial charge is 0.227 e. The standard InChI is InChI=1S/C41H25NO/c1-3-13-26(14-4-1)37-30-19-9-11-21-32(30)38(33-22-12-10-20-31(33)37)35-25-28-17-7-8-18-29(28)39-34(35)23-24-36-40(39)43-41(42-36)27-15-5-2-6-16-27/h1-25H. The zero-order valence-corrected chi connectivity index (χ0v) is 23.3. The Morgan fingerprint density at radius 2 is 0.953 bits per heavy atom. The largest absolute Gasteiger partial charge is 0.435 e. The van der Waals surface area contributed by atoms with Gasteiger partial charge in [-0.25, -0.2) is 4.98 Å². The Hall–Kier alpha value is -5.73. The van der Waals surface area contributed by atoms with Gasteiger partial charge in [0.15, 0.2) is 5.58 Å². The van der Waals surface area contributed by atoms with Crippen molar-refractivity contribution in [3.05, 3.63) is 152 Å². The van der Waals surface area contributed by atoms with Gasteiger partial charge in [0.05, 0.1) is 0 Å². The van der Waals surface area contributed by atoms with Crippen LogP contribution >= 0.6 is 0 Å². The molecule has 0 atom stereocenters. The average Bonchev–Trinajstić information content (AvgIpc) is 3.52. The number of aromatic nitrogens is 1. The van der Waals surface area contributed by atoms with Crippen molar-refractivity contribution < 1.29 is 4.42 Å². The van der Waals surface area contributed by atoms with Gasteiger partial charge in [0.1, 0.15) is 5.52 Å². The van der Waals surface area contributed by atoms with Crippen LogP contribution in [0.25, 0.3) is 87.9 Å². The first-order chi connectivity index (χ1) is 21.3. The third-order valence-corrected chi connectivity index (χ3v) is 8.66. The van der Waals surface area contributed by atoms with Crippen molar-refractivity contribution in [2.45, 2.75) is 0 Å². The maximum Gasteiger partial charge on any atom is 0.227 e. The number of hydrogen-bond donors (Lipinski definition) is 0. The molecule has 0 radical (unpaired) electrons. The summed E-state index contributed by atoms with van der Waals surface area (Å²) in [5, 5.41) is 9.56. The lowest BCUT2D eigenvalue weighted by molar-refractivity contribution is 0.623. The van der Waals surface area contributed by atoms with Gasteiger partial charge >= 0.3 is 0 Å². The highest BCUT2D eigenvalue weighted by molar-refractivity contribution is 6.28. The van der Waals surface area contributed by atoms with Crippen molar-refractivity contribution in [2.75, 3.05) is 0 Å². The van der Waals surface area contributed by atoms with E-state index in [1.54, 1.807) is 0 Å². The molecule has 0 amide bonds. The van der Waals surface area contributed by atoms with E-state index in [9.17, 15) is 0 Å². The van der Waals surface area contributed by atoms with Gasteiger partial charge in [0.25, 0.3) is 0 Å². The maximum atomic E-state index is 6.61. The van der Waals surface area contributed by atoms with E-state index < -0.39 is 0 Å². The van der Waals surface area contributed by atoms with Gasteiger partial charge < -0.3 is 4.42 Å². The number of benzene rings is 8. The summed E-state index contributed by atoms with van der Waals surface area (Å²) in [5.41, 5.74) is 7.59. The maximum absolute atomic E-state index is 6.61. The zero-order valence-electron chi connectivity index (χ0n) is 23.3. The van der Waals surface area contributed by atoms with Crippen LogP contribution in [0.1, 0.15) is 0 Å². The number of hydrogen-bond acceptors (Lipinski definition) is 2. The molecular weight excluding hydrogens is 522 g/mol. The average molecular weight is 548 g/mol. The molecule has 0 bridgehead atoms. The molecule has 9 aromatic rings. The molecule has 0 spiro atoms. The molecule has 0 N–H and O–H groups in total. The molecule has 0 aliphatic carbocycles. The molecule has 2 heteroatoms. The van der Waals surface area contributed by atoms with Crippen LogP contribution in [0, 0.1) is 0 Å². The Kier molecular flexibility index (Phi) is 5.23. The van der Waals surface area contributed by atoms with E-state index in [1.807, 2.05) is 30.3 Å². The molecule has 9 rings (SSSR count). The van der Waals surface area contributed by atoms with E-state index in [4.69, 9.17) is 9.40 Å². The summed E-state index contributed by atoms with van der Waals surface area (Å²) in [7, 11) is 0. The van der Waals surface area contributed by atoms with Gasteiger partial charge in [0.2, 0.25) is 5.89 Å². The van der Waals surface area contributed by atoms with Crippen molar-refractivity contribution in [3.63, 3.8) is 0 Å². The second-order valence-corrected chi connectivity index (χ2v) is 11.1. The molecule has 1 aromatic heterocycles. The van der Waals surface area contributed by atoms with E-state index in [0.29, 0.717) is 5.89 Å². The second-order valence-electron chi connectivity index (χ2n) is 11.1. The van der Waals surface area contributed by atoms with Crippen LogP contribution < -0.4 is 0 Å². The van der Waals surface area contributed by atoms with Gasteiger partial charge in [0, 0.05) is 10.9 Å². The third-order valence-electron chi connectivity index (χ3n) is 8.66. The minimum absolute atomic E-state index is 0.640. The number of rotatable bonds is 3. The topological polar surface area (TPSA) is 26.0 Å². The minimum atomic E-state index is 0.640. The lowest BCUT2D eigenvalue weighted by Gasteiger charge is -2.19. The lowest BCUT2D eigenvalue weighted by atomic mass is 9.84. The first-order valence-electron chi connectivity index (χ1n) is 14.6. The van der Waals surface area contributed by atoms with E-state index in [2.05, 4.69) is 121 Å². The van der Waals surface area contributed by atoms with Crippen LogP contribution in [-0.4, -0.2) is 4.98 Å². The van der Waals surface area contributed by atoms with Crippen molar-refractivity contribution in [2.24, 2.45) is 0 Å². The Morgan fingerprint density at radius 1 is 0.419 bits per heavy atom. The van der Waals surface area contributed by atoms with Crippen LogP contribution in [0.2, 0.25) is 0 Å². The summed E-state index contributed by atoms with van der Waals surface area (Å²) >= 11 is 0. The van der Waals surface area contributed by atoms with Crippen LogP contribution in [-0.2, 0) is 0 Å². The van der Waals surface area contributed by atoms with Gasteiger partial charge in [-0.05, 0) is 84.2 Å². The number of oxazole rings is 1. The van der Waals surface area contributed by atoms with E-state index in [-0.39, 0.29) is 0 Å². The molecule has 1 heterocycles. The van der Waals surface area contributed by atoms with Crippen LogP contribution in [0.5, 0.6) is 0 Å². The van der Waals surface area contributed by atoms with Gasteiger partial charge in [-0.2, -0.15) is 0 Å². The van der Waals surface area contributed by atoms with Gasteiger partial charge in [-0.1, -0.05) is 127 Å². The lowest BCUT2D eigenvalue weighted by Crippen LogP contribution is -1.92. The van der Waals surface area contributed by atoms with Crippen molar-refractivity contribution >= 4 is 54.2 Å². The SMILES string of the molecule is c1ccc(-c2nc3ccc4c(-c5c6ccccc6c(-c6ccccc6)c6ccccc56)cc5ccccc5c4c3o2)cc1. The Bertz CT molecular complexity index is 2430. The van der Waals surface area contributed by atoms with Crippen LogP contribution in [0.4, 0.5) is 0 Å². The highest BCUT2D eigenvalue weighted by Crippen LogP contribution is 2.47. The Balaban J connectivity index is 1.45. The highest BCUT2D eigenvalue weighted by Gasteiger charge is 2.21. The van der Waals surface area contributed by atoms with Crippen molar-refractivity contribution in [1.82, 2.24) is 4.98 Å². The molecule has 2 nitrogen and oxygen atoms in total. The molecule has 8 aromatic carbocycles. The zero-order chi connectivity index (χ0) is 28.3. The number of fused-ring (bicyclic) bond motifs is 7.